The third-order valence-corrected chi connectivity index (χ3v) is 3.71. The number of aliphatic hydroxyl groups excluding tert-OH is 1. The van der Waals surface area contributed by atoms with Gasteiger partial charge in [0.2, 0.25) is 5.91 Å². The number of anilines is 1. The van der Waals surface area contributed by atoms with E-state index in [1.54, 1.807) is 0 Å². The molecule has 0 aliphatic carbocycles. The molecular weight excluding hydrogens is 254 g/mol. The van der Waals surface area contributed by atoms with Crippen molar-refractivity contribution in [3.8, 4) is 0 Å². The monoisotopic (exact) mass is 271 g/mol. The Hall–Kier alpha value is -1.40. The van der Waals surface area contributed by atoms with Crippen molar-refractivity contribution in [1.29, 1.82) is 0 Å². The summed E-state index contributed by atoms with van der Waals surface area (Å²) < 4.78 is 4.71. The Morgan fingerprint density at radius 2 is 2.06 bits per heavy atom. The van der Waals surface area contributed by atoms with Gasteiger partial charge < -0.3 is 15.2 Å². The van der Waals surface area contributed by atoms with Crippen LogP contribution in [0.5, 0.6) is 0 Å². The maximum atomic E-state index is 11.7. The smallest absolute Gasteiger partial charge is 0.341 e. The van der Waals surface area contributed by atoms with Crippen LogP contribution in [0.4, 0.5) is 5.00 Å². The van der Waals surface area contributed by atoms with Crippen LogP contribution in [0.25, 0.3) is 0 Å². The first kappa shape index (κ1) is 14.7. The molecule has 0 saturated carbocycles. The lowest BCUT2D eigenvalue weighted by atomic mass is 10.1. The van der Waals surface area contributed by atoms with Crippen LogP contribution in [-0.4, -0.2) is 30.7 Å². The predicted octanol–water partition coefficient (Wildman–Crippen LogP) is 1.86. The minimum Gasteiger partial charge on any atom is -0.465 e. The summed E-state index contributed by atoms with van der Waals surface area (Å²) in [6.07, 6.45) is 0.635. The van der Waals surface area contributed by atoms with Gasteiger partial charge in [-0.05, 0) is 25.8 Å². The lowest BCUT2D eigenvalue weighted by Gasteiger charge is -2.05. The number of ether oxygens (including phenoxy) is 1. The van der Waals surface area contributed by atoms with Gasteiger partial charge in [-0.2, -0.15) is 0 Å². The van der Waals surface area contributed by atoms with E-state index in [0.717, 1.165) is 10.4 Å². The molecule has 5 nitrogen and oxygen atoms in total. The highest BCUT2D eigenvalue weighted by Gasteiger charge is 2.21. The van der Waals surface area contributed by atoms with E-state index in [1.165, 1.54) is 18.4 Å². The van der Waals surface area contributed by atoms with Crippen molar-refractivity contribution in [1.82, 2.24) is 0 Å². The van der Waals surface area contributed by atoms with Crippen LogP contribution < -0.4 is 5.32 Å². The molecule has 6 heteroatoms. The van der Waals surface area contributed by atoms with Gasteiger partial charge in [-0.3, -0.25) is 4.79 Å². The van der Waals surface area contributed by atoms with Crippen LogP contribution in [0.1, 0.15) is 33.6 Å². The van der Waals surface area contributed by atoms with Gasteiger partial charge in [0.05, 0.1) is 12.7 Å². The van der Waals surface area contributed by atoms with Gasteiger partial charge in [0, 0.05) is 17.9 Å². The summed E-state index contributed by atoms with van der Waals surface area (Å²) in [5.74, 6) is -0.662. The van der Waals surface area contributed by atoms with E-state index in [0.29, 0.717) is 17.0 Å². The zero-order chi connectivity index (χ0) is 13.7. The topological polar surface area (TPSA) is 75.6 Å². The van der Waals surface area contributed by atoms with Crippen molar-refractivity contribution >= 4 is 28.2 Å². The summed E-state index contributed by atoms with van der Waals surface area (Å²) in [7, 11) is 1.31. The van der Waals surface area contributed by atoms with Gasteiger partial charge in [-0.1, -0.05) is 0 Å². The number of nitrogens with one attached hydrogen (secondary N) is 1. The van der Waals surface area contributed by atoms with Gasteiger partial charge >= 0.3 is 5.97 Å². The third kappa shape index (κ3) is 3.30. The molecule has 2 N–H and O–H groups in total. The lowest BCUT2D eigenvalue weighted by molar-refractivity contribution is -0.116. The molecule has 18 heavy (non-hydrogen) atoms. The molecule has 0 spiro atoms. The molecule has 1 rings (SSSR count). The molecule has 0 saturated heterocycles. The average Bonchev–Trinajstić information content (AvgIpc) is 2.61. The zero-order valence-electron chi connectivity index (χ0n) is 10.7. The number of aliphatic hydroxyl groups is 1. The minimum atomic E-state index is -0.450. The molecular formula is C12H17NO4S. The third-order valence-electron chi connectivity index (χ3n) is 2.59. The van der Waals surface area contributed by atoms with E-state index < -0.39 is 5.97 Å². The second-order valence-corrected chi connectivity index (χ2v) is 5.08. The Morgan fingerprint density at radius 1 is 1.39 bits per heavy atom. The lowest BCUT2D eigenvalue weighted by Crippen LogP contribution is -2.14. The van der Waals surface area contributed by atoms with Crippen molar-refractivity contribution in [2.75, 3.05) is 19.0 Å². The van der Waals surface area contributed by atoms with E-state index in [9.17, 15) is 9.59 Å². The average molecular weight is 271 g/mol. The number of thiophene rings is 1. The second kappa shape index (κ2) is 6.51. The quantitative estimate of drug-likeness (QED) is 0.802. The number of hydrogen-bond acceptors (Lipinski definition) is 5. The summed E-state index contributed by atoms with van der Waals surface area (Å²) in [4.78, 5) is 24.2. The van der Waals surface area contributed by atoms with Gasteiger partial charge in [-0.15, -0.1) is 11.3 Å². The predicted molar refractivity (Wildman–Crippen MR) is 70.1 cm³/mol. The second-order valence-electron chi connectivity index (χ2n) is 3.85. The molecule has 0 aliphatic rings. The van der Waals surface area contributed by atoms with Crippen LogP contribution in [0.15, 0.2) is 0 Å². The largest absolute Gasteiger partial charge is 0.465 e. The highest BCUT2D eigenvalue weighted by atomic mass is 32.1. The molecule has 0 aliphatic heterocycles. The number of rotatable bonds is 5. The van der Waals surface area contributed by atoms with E-state index in [4.69, 9.17) is 9.84 Å². The molecule has 1 aromatic heterocycles. The first-order valence-electron chi connectivity index (χ1n) is 5.60. The van der Waals surface area contributed by atoms with Gasteiger partial charge in [-0.25, -0.2) is 4.79 Å². The van der Waals surface area contributed by atoms with Gasteiger partial charge in [0.25, 0.3) is 0 Å². The van der Waals surface area contributed by atoms with E-state index >= 15 is 0 Å². The molecule has 0 radical (unpaired) electrons. The van der Waals surface area contributed by atoms with Crippen LogP contribution >= 0.6 is 11.3 Å². The van der Waals surface area contributed by atoms with Crippen LogP contribution in [-0.2, 0) is 9.53 Å². The number of carbonyl (C=O) groups excluding carboxylic acids is 2. The number of aryl methyl sites for hydroxylation is 1. The molecule has 1 amide bonds. The maximum absolute atomic E-state index is 11.7. The van der Waals surface area contributed by atoms with Crippen LogP contribution in [0.2, 0.25) is 0 Å². The SMILES string of the molecule is COC(=O)c1c(NC(=O)CCCO)sc(C)c1C. The van der Waals surface area contributed by atoms with E-state index in [-0.39, 0.29) is 18.9 Å². The van der Waals surface area contributed by atoms with Crippen molar-refractivity contribution in [3.05, 3.63) is 16.0 Å². The molecule has 0 atom stereocenters. The molecule has 0 aromatic carbocycles. The maximum Gasteiger partial charge on any atom is 0.341 e. The highest BCUT2D eigenvalue weighted by Crippen LogP contribution is 2.32. The fourth-order valence-electron chi connectivity index (χ4n) is 1.49. The molecule has 0 unspecified atom stereocenters. The number of esters is 1. The van der Waals surface area contributed by atoms with Crippen LogP contribution in [0.3, 0.4) is 0 Å². The van der Waals surface area contributed by atoms with Gasteiger partial charge in [0.15, 0.2) is 0 Å². The Morgan fingerprint density at radius 3 is 2.61 bits per heavy atom. The molecule has 100 valence electrons. The Kier molecular flexibility index (Phi) is 5.30. The van der Waals surface area contributed by atoms with Crippen molar-refractivity contribution < 1.29 is 19.4 Å². The summed E-state index contributed by atoms with van der Waals surface area (Å²) in [6, 6.07) is 0. The molecule has 0 fully saturated rings. The molecule has 1 heterocycles. The standard InChI is InChI=1S/C12H17NO4S/c1-7-8(2)18-11(10(7)12(16)17-3)13-9(15)5-4-6-14/h14H,4-6H2,1-3H3,(H,13,15). The molecule has 1 aromatic rings. The fourth-order valence-corrected chi connectivity index (χ4v) is 2.56. The highest BCUT2D eigenvalue weighted by molar-refractivity contribution is 7.16. The Bertz CT molecular complexity index is 453. The Labute approximate surface area is 110 Å². The number of methoxy groups -OCH3 is 1. The first-order chi connectivity index (χ1) is 8.51. The van der Waals surface area contributed by atoms with E-state index in [2.05, 4.69) is 5.32 Å². The first-order valence-corrected chi connectivity index (χ1v) is 6.42. The summed E-state index contributed by atoms with van der Waals surface area (Å²) >= 11 is 1.35. The van der Waals surface area contributed by atoms with E-state index in [1.807, 2.05) is 13.8 Å². The minimum absolute atomic E-state index is 0.0280. The normalized spacial score (nSPS) is 10.2. The number of amides is 1. The van der Waals surface area contributed by atoms with Crippen molar-refractivity contribution in [2.45, 2.75) is 26.7 Å². The number of hydrogen-bond donors (Lipinski definition) is 2. The van der Waals surface area contributed by atoms with Crippen LogP contribution in [0, 0.1) is 13.8 Å². The summed E-state index contributed by atoms with van der Waals surface area (Å²) in [5.41, 5.74) is 1.24. The summed E-state index contributed by atoms with van der Waals surface area (Å²) in [5, 5.41) is 11.9. The van der Waals surface area contributed by atoms with Crippen molar-refractivity contribution in [3.63, 3.8) is 0 Å². The fraction of sp³-hybridized carbons (Fsp3) is 0.500. The van der Waals surface area contributed by atoms with Gasteiger partial charge in [0.1, 0.15) is 5.00 Å². The molecule has 0 bridgehead atoms. The number of carbonyl (C=O) groups is 2. The summed E-state index contributed by atoms with van der Waals surface area (Å²) in [6.45, 7) is 3.68. The zero-order valence-corrected chi connectivity index (χ0v) is 11.5. The Balaban J connectivity index is 2.91. The van der Waals surface area contributed by atoms with Crippen molar-refractivity contribution in [2.24, 2.45) is 0 Å².